The van der Waals surface area contributed by atoms with Crippen molar-refractivity contribution in [1.82, 2.24) is 4.90 Å². The summed E-state index contributed by atoms with van der Waals surface area (Å²) in [4.78, 5) is 2.57. The summed E-state index contributed by atoms with van der Waals surface area (Å²) >= 11 is 0. The third kappa shape index (κ3) is 2.28. The van der Waals surface area contributed by atoms with Gasteiger partial charge in [0.05, 0.1) is 0 Å². The van der Waals surface area contributed by atoms with Gasteiger partial charge in [-0.3, -0.25) is 0 Å². The SMILES string of the molecule is C=C(N1CCC(C)(C)CC1)C1(C)CCCC1. The summed E-state index contributed by atoms with van der Waals surface area (Å²) in [6, 6.07) is 0. The molecule has 1 aliphatic carbocycles. The zero-order valence-electron chi connectivity index (χ0n) is 11.3. The predicted molar refractivity (Wildman–Crippen MR) is 70.3 cm³/mol. The Morgan fingerprint density at radius 1 is 0.938 bits per heavy atom. The van der Waals surface area contributed by atoms with Gasteiger partial charge in [0.2, 0.25) is 0 Å². The van der Waals surface area contributed by atoms with Crippen LogP contribution in [0, 0.1) is 10.8 Å². The van der Waals surface area contributed by atoms with E-state index in [9.17, 15) is 0 Å². The second-order valence-corrected chi connectivity index (χ2v) is 6.87. The molecule has 0 radical (unpaired) electrons. The normalized spacial score (nSPS) is 28.1. The molecule has 16 heavy (non-hydrogen) atoms. The molecule has 1 saturated heterocycles. The first-order chi connectivity index (χ1) is 7.43. The number of allylic oxidation sites excluding steroid dienone is 1. The van der Waals surface area contributed by atoms with Crippen LogP contribution >= 0.6 is 0 Å². The molecule has 2 rings (SSSR count). The molecule has 0 aromatic carbocycles. The van der Waals surface area contributed by atoms with E-state index in [-0.39, 0.29) is 0 Å². The fraction of sp³-hybridized carbons (Fsp3) is 0.867. The van der Waals surface area contributed by atoms with Crippen LogP contribution in [0.4, 0.5) is 0 Å². The van der Waals surface area contributed by atoms with E-state index in [1.165, 1.54) is 57.3 Å². The first kappa shape index (κ1) is 12.0. The van der Waals surface area contributed by atoms with Crippen molar-refractivity contribution in [3.05, 3.63) is 12.3 Å². The van der Waals surface area contributed by atoms with Crippen LogP contribution < -0.4 is 0 Å². The molecule has 92 valence electrons. The highest BCUT2D eigenvalue weighted by Gasteiger charge is 2.36. The molecular formula is C15H27N. The van der Waals surface area contributed by atoms with Gasteiger partial charge < -0.3 is 4.90 Å². The van der Waals surface area contributed by atoms with Crippen LogP contribution in [-0.2, 0) is 0 Å². The molecule has 1 aliphatic heterocycles. The second-order valence-electron chi connectivity index (χ2n) is 6.87. The number of nitrogens with zero attached hydrogens (tertiary/aromatic N) is 1. The summed E-state index contributed by atoms with van der Waals surface area (Å²) in [5.41, 5.74) is 2.40. The van der Waals surface area contributed by atoms with Gasteiger partial charge in [0, 0.05) is 24.2 Å². The minimum absolute atomic E-state index is 0.418. The molecule has 2 aliphatic rings. The Hall–Kier alpha value is -0.460. The van der Waals surface area contributed by atoms with E-state index in [0.717, 1.165) is 0 Å². The molecule has 0 aromatic rings. The van der Waals surface area contributed by atoms with Crippen LogP contribution in [0.25, 0.3) is 0 Å². The average Bonchev–Trinajstić information content (AvgIpc) is 2.66. The first-order valence-corrected chi connectivity index (χ1v) is 6.87. The molecule has 0 spiro atoms. The van der Waals surface area contributed by atoms with Gasteiger partial charge in [0.15, 0.2) is 0 Å². The maximum absolute atomic E-state index is 4.41. The van der Waals surface area contributed by atoms with Crippen molar-refractivity contribution >= 4 is 0 Å². The van der Waals surface area contributed by atoms with Crippen molar-refractivity contribution in [2.75, 3.05) is 13.1 Å². The minimum atomic E-state index is 0.418. The topological polar surface area (TPSA) is 3.24 Å². The maximum atomic E-state index is 4.41. The Labute approximate surface area is 101 Å². The van der Waals surface area contributed by atoms with Crippen LogP contribution in [0.2, 0.25) is 0 Å². The van der Waals surface area contributed by atoms with Gasteiger partial charge in [-0.25, -0.2) is 0 Å². The van der Waals surface area contributed by atoms with E-state index >= 15 is 0 Å². The predicted octanol–water partition coefficient (Wildman–Crippen LogP) is 4.20. The lowest BCUT2D eigenvalue weighted by Crippen LogP contribution is -2.40. The zero-order valence-corrected chi connectivity index (χ0v) is 11.3. The summed E-state index contributed by atoms with van der Waals surface area (Å²) < 4.78 is 0. The number of hydrogen-bond acceptors (Lipinski definition) is 1. The van der Waals surface area contributed by atoms with Crippen molar-refractivity contribution in [3.63, 3.8) is 0 Å². The minimum Gasteiger partial charge on any atom is -0.375 e. The fourth-order valence-corrected chi connectivity index (χ4v) is 3.21. The molecule has 1 heterocycles. The molecule has 0 amide bonds. The molecule has 0 bridgehead atoms. The lowest BCUT2D eigenvalue weighted by Gasteiger charge is -2.43. The molecular weight excluding hydrogens is 194 g/mol. The quantitative estimate of drug-likeness (QED) is 0.675. The van der Waals surface area contributed by atoms with Gasteiger partial charge in [-0.1, -0.05) is 40.2 Å². The molecule has 0 unspecified atom stereocenters. The van der Waals surface area contributed by atoms with Crippen LogP contribution in [0.5, 0.6) is 0 Å². The Kier molecular flexibility index (Phi) is 3.07. The number of rotatable bonds is 2. The van der Waals surface area contributed by atoms with Gasteiger partial charge in [-0.2, -0.15) is 0 Å². The Morgan fingerprint density at radius 3 is 1.94 bits per heavy atom. The summed E-state index contributed by atoms with van der Waals surface area (Å²) in [5.74, 6) is 0. The van der Waals surface area contributed by atoms with Crippen molar-refractivity contribution in [1.29, 1.82) is 0 Å². The largest absolute Gasteiger partial charge is 0.375 e. The van der Waals surface area contributed by atoms with Gasteiger partial charge in [0.1, 0.15) is 0 Å². The average molecular weight is 221 g/mol. The van der Waals surface area contributed by atoms with Gasteiger partial charge in [-0.15, -0.1) is 0 Å². The van der Waals surface area contributed by atoms with E-state index in [4.69, 9.17) is 0 Å². The third-order valence-corrected chi connectivity index (χ3v) is 4.90. The van der Waals surface area contributed by atoms with Crippen molar-refractivity contribution in [2.24, 2.45) is 10.8 Å². The summed E-state index contributed by atoms with van der Waals surface area (Å²) in [7, 11) is 0. The maximum Gasteiger partial charge on any atom is 0.0180 e. The van der Waals surface area contributed by atoms with E-state index in [0.29, 0.717) is 10.8 Å². The summed E-state index contributed by atoms with van der Waals surface area (Å²) in [6.07, 6.45) is 8.14. The van der Waals surface area contributed by atoms with Crippen molar-refractivity contribution < 1.29 is 0 Å². The van der Waals surface area contributed by atoms with E-state index in [1.807, 2.05) is 0 Å². The highest BCUT2D eigenvalue weighted by molar-refractivity contribution is 5.11. The molecule has 0 aromatic heterocycles. The van der Waals surface area contributed by atoms with Crippen molar-refractivity contribution in [3.8, 4) is 0 Å². The Morgan fingerprint density at radius 2 is 1.44 bits per heavy atom. The molecule has 0 atom stereocenters. The standard InChI is InChI=1S/C15H27N/c1-13(15(4)7-5-6-8-15)16-11-9-14(2,3)10-12-16/h1,5-12H2,2-4H3. The molecule has 1 saturated carbocycles. The third-order valence-electron chi connectivity index (χ3n) is 4.90. The van der Waals surface area contributed by atoms with Crippen LogP contribution in [-0.4, -0.2) is 18.0 Å². The van der Waals surface area contributed by atoms with E-state index < -0.39 is 0 Å². The highest BCUT2D eigenvalue weighted by atomic mass is 15.2. The van der Waals surface area contributed by atoms with E-state index in [1.54, 1.807) is 0 Å². The lowest BCUT2D eigenvalue weighted by atomic mass is 9.79. The van der Waals surface area contributed by atoms with Crippen LogP contribution in [0.3, 0.4) is 0 Å². The molecule has 0 N–H and O–H groups in total. The second kappa shape index (κ2) is 4.09. The summed E-state index contributed by atoms with van der Waals surface area (Å²) in [6.45, 7) is 14.1. The smallest absolute Gasteiger partial charge is 0.0180 e. The number of piperidine rings is 1. The van der Waals surface area contributed by atoms with E-state index in [2.05, 4.69) is 32.3 Å². The number of hydrogen-bond donors (Lipinski definition) is 0. The van der Waals surface area contributed by atoms with Crippen LogP contribution in [0.1, 0.15) is 59.3 Å². The Balaban J connectivity index is 1.96. The Bertz CT molecular complexity index is 261. The fourth-order valence-electron chi connectivity index (χ4n) is 3.21. The first-order valence-electron chi connectivity index (χ1n) is 6.87. The highest BCUT2D eigenvalue weighted by Crippen LogP contribution is 2.45. The molecule has 2 fully saturated rings. The molecule has 1 heteroatoms. The van der Waals surface area contributed by atoms with Crippen molar-refractivity contribution in [2.45, 2.75) is 59.3 Å². The van der Waals surface area contributed by atoms with Gasteiger partial charge >= 0.3 is 0 Å². The zero-order chi connectivity index (χ0) is 11.8. The van der Waals surface area contributed by atoms with Crippen LogP contribution in [0.15, 0.2) is 12.3 Å². The lowest BCUT2D eigenvalue weighted by molar-refractivity contribution is 0.135. The molecule has 1 nitrogen and oxygen atoms in total. The monoisotopic (exact) mass is 221 g/mol. The number of likely N-dealkylation sites (tertiary alicyclic amines) is 1. The van der Waals surface area contributed by atoms with Gasteiger partial charge in [-0.05, 0) is 31.1 Å². The summed E-state index contributed by atoms with van der Waals surface area (Å²) in [5, 5.41) is 0. The van der Waals surface area contributed by atoms with Gasteiger partial charge in [0.25, 0.3) is 0 Å².